The zero-order valence-electron chi connectivity index (χ0n) is 7.09. The van der Waals surface area contributed by atoms with Crippen LogP contribution in [0.15, 0.2) is 12.4 Å². The second kappa shape index (κ2) is 5.26. The van der Waals surface area contributed by atoms with E-state index in [1.165, 1.54) is 0 Å². The first-order valence-corrected chi connectivity index (χ1v) is 3.93. The molecule has 0 saturated carbocycles. The molecule has 6 heteroatoms. The van der Waals surface area contributed by atoms with Crippen LogP contribution in [-0.2, 0) is 16.1 Å². The molecule has 0 amide bonds. The van der Waals surface area contributed by atoms with E-state index in [4.69, 9.17) is 5.11 Å². The van der Waals surface area contributed by atoms with E-state index in [1.807, 2.05) is 0 Å². The van der Waals surface area contributed by atoms with Crippen molar-refractivity contribution in [1.82, 2.24) is 15.0 Å². The summed E-state index contributed by atoms with van der Waals surface area (Å²) in [5, 5.41) is 15.6. The standard InChI is InChI=1S/C7H11N3O3/c11-5-6-13-7(12)1-3-10-4-2-8-9-10/h2,4,11H,1,3,5-6H2. The summed E-state index contributed by atoms with van der Waals surface area (Å²) in [6.45, 7) is 0.357. The Morgan fingerprint density at radius 3 is 3.08 bits per heavy atom. The molecule has 0 aliphatic rings. The number of nitrogens with zero attached hydrogens (tertiary/aromatic N) is 3. The third-order valence-electron chi connectivity index (χ3n) is 1.37. The predicted octanol–water partition coefficient (Wildman–Crippen LogP) is -0.796. The number of hydrogen-bond donors (Lipinski definition) is 1. The van der Waals surface area contributed by atoms with Crippen LogP contribution in [-0.4, -0.2) is 39.3 Å². The highest BCUT2D eigenvalue weighted by molar-refractivity contribution is 5.69. The van der Waals surface area contributed by atoms with E-state index in [0.29, 0.717) is 6.54 Å². The van der Waals surface area contributed by atoms with Gasteiger partial charge in [-0.2, -0.15) is 0 Å². The number of carbonyl (C=O) groups excluding carboxylic acids is 1. The fourth-order valence-corrected chi connectivity index (χ4v) is 0.789. The highest BCUT2D eigenvalue weighted by Gasteiger charge is 2.02. The summed E-state index contributed by atoms with van der Waals surface area (Å²) in [5.74, 6) is -0.343. The number of esters is 1. The van der Waals surface area contributed by atoms with Gasteiger partial charge in [0.1, 0.15) is 6.61 Å². The Morgan fingerprint density at radius 1 is 1.62 bits per heavy atom. The van der Waals surface area contributed by atoms with Crippen LogP contribution in [0.1, 0.15) is 6.42 Å². The molecule has 0 bridgehead atoms. The van der Waals surface area contributed by atoms with Crippen LogP contribution in [0, 0.1) is 0 Å². The maximum Gasteiger partial charge on any atom is 0.307 e. The van der Waals surface area contributed by atoms with Crippen molar-refractivity contribution in [3.63, 3.8) is 0 Å². The van der Waals surface area contributed by atoms with Crippen LogP contribution in [0.25, 0.3) is 0 Å². The maximum atomic E-state index is 10.9. The van der Waals surface area contributed by atoms with Crippen LogP contribution in [0.3, 0.4) is 0 Å². The molecule has 1 aromatic rings. The predicted molar refractivity (Wildman–Crippen MR) is 42.7 cm³/mol. The molecule has 1 rings (SSSR count). The van der Waals surface area contributed by atoms with Gasteiger partial charge in [-0.25, -0.2) is 0 Å². The van der Waals surface area contributed by atoms with Gasteiger partial charge in [-0.3, -0.25) is 9.48 Å². The quantitative estimate of drug-likeness (QED) is 0.608. The molecular formula is C7H11N3O3. The Morgan fingerprint density at radius 2 is 2.46 bits per heavy atom. The fourth-order valence-electron chi connectivity index (χ4n) is 0.789. The molecule has 0 saturated heterocycles. The maximum absolute atomic E-state index is 10.9. The number of aromatic nitrogens is 3. The van der Waals surface area contributed by atoms with Crippen molar-refractivity contribution >= 4 is 5.97 Å². The summed E-state index contributed by atoms with van der Waals surface area (Å²) < 4.78 is 6.18. The van der Waals surface area contributed by atoms with Gasteiger partial charge < -0.3 is 9.84 Å². The Labute approximate surface area is 75.1 Å². The van der Waals surface area contributed by atoms with E-state index >= 15 is 0 Å². The molecule has 0 aliphatic heterocycles. The summed E-state index contributed by atoms with van der Waals surface area (Å²) in [6.07, 6.45) is 3.45. The van der Waals surface area contributed by atoms with Gasteiger partial charge in [-0.15, -0.1) is 5.10 Å². The van der Waals surface area contributed by atoms with Gasteiger partial charge in [0, 0.05) is 6.20 Å². The molecule has 0 aliphatic carbocycles. The zero-order chi connectivity index (χ0) is 9.52. The highest BCUT2D eigenvalue weighted by Crippen LogP contribution is 1.90. The molecule has 1 heterocycles. The summed E-state index contributed by atoms with van der Waals surface area (Å²) in [4.78, 5) is 10.9. The topological polar surface area (TPSA) is 77.2 Å². The lowest BCUT2D eigenvalue weighted by molar-refractivity contribution is -0.144. The average Bonchev–Trinajstić information content (AvgIpc) is 2.64. The third-order valence-corrected chi connectivity index (χ3v) is 1.37. The normalized spacial score (nSPS) is 9.92. The molecule has 6 nitrogen and oxygen atoms in total. The summed E-state index contributed by atoms with van der Waals surface area (Å²) in [7, 11) is 0. The number of ether oxygens (including phenoxy) is 1. The summed E-state index contributed by atoms with van der Waals surface area (Å²) >= 11 is 0. The van der Waals surface area contributed by atoms with Crippen molar-refractivity contribution in [3.8, 4) is 0 Å². The fraction of sp³-hybridized carbons (Fsp3) is 0.571. The molecule has 0 atom stereocenters. The van der Waals surface area contributed by atoms with E-state index in [9.17, 15) is 4.79 Å². The second-order valence-electron chi connectivity index (χ2n) is 2.36. The SMILES string of the molecule is O=C(CCn1ccnn1)OCCO. The van der Waals surface area contributed by atoms with Crippen molar-refractivity contribution in [2.24, 2.45) is 0 Å². The van der Waals surface area contributed by atoms with E-state index < -0.39 is 0 Å². The average molecular weight is 185 g/mol. The molecule has 1 aromatic heterocycles. The minimum Gasteiger partial charge on any atom is -0.463 e. The lowest BCUT2D eigenvalue weighted by atomic mass is 10.4. The molecule has 0 spiro atoms. The van der Waals surface area contributed by atoms with Gasteiger partial charge in [0.05, 0.1) is 25.8 Å². The van der Waals surface area contributed by atoms with E-state index in [-0.39, 0.29) is 25.6 Å². The minimum atomic E-state index is -0.343. The van der Waals surface area contributed by atoms with Crippen LogP contribution in [0.2, 0.25) is 0 Å². The van der Waals surface area contributed by atoms with Crippen molar-refractivity contribution in [3.05, 3.63) is 12.4 Å². The van der Waals surface area contributed by atoms with Gasteiger partial charge in [0.2, 0.25) is 0 Å². The molecule has 72 valence electrons. The van der Waals surface area contributed by atoms with Gasteiger partial charge >= 0.3 is 5.97 Å². The Balaban J connectivity index is 2.15. The van der Waals surface area contributed by atoms with E-state index in [1.54, 1.807) is 17.1 Å². The lowest BCUT2D eigenvalue weighted by Crippen LogP contribution is -2.11. The van der Waals surface area contributed by atoms with E-state index in [2.05, 4.69) is 15.0 Å². The highest BCUT2D eigenvalue weighted by atomic mass is 16.5. The first-order chi connectivity index (χ1) is 6.33. The molecule has 0 unspecified atom stereocenters. The molecule has 0 radical (unpaired) electrons. The first-order valence-electron chi connectivity index (χ1n) is 3.93. The molecule has 0 aromatic carbocycles. The van der Waals surface area contributed by atoms with Crippen molar-refractivity contribution < 1.29 is 14.6 Å². The van der Waals surface area contributed by atoms with Gasteiger partial charge in [0.25, 0.3) is 0 Å². The van der Waals surface area contributed by atoms with Crippen LogP contribution in [0.4, 0.5) is 0 Å². The molecule has 13 heavy (non-hydrogen) atoms. The molecular weight excluding hydrogens is 174 g/mol. The van der Waals surface area contributed by atoms with Crippen LogP contribution >= 0.6 is 0 Å². The smallest absolute Gasteiger partial charge is 0.307 e. The van der Waals surface area contributed by atoms with Crippen LogP contribution < -0.4 is 0 Å². The third kappa shape index (κ3) is 3.66. The number of aryl methyl sites for hydroxylation is 1. The number of rotatable bonds is 5. The molecule has 1 N–H and O–H groups in total. The number of hydrogen-bond acceptors (Lipinski definition) is 5. The number of aliphatic hydroxyl groups excluding tert-OH is 1. The number of carbonyl (C=O) groups is 1. The van der Waals surface area contributed by atoms with Gasteiger partial charge in [-0.1, -0.05) is 5.21 Å². The van der Waals surface area contributed by atoms with Crippen molar-refractivity contribution in [2.45, 2.75) is 13.0 Å². The van der Waals surface area contributed by atoms with Crippen LogP contribution in [0.5, 0.6) is 0 Å². The Kier molecular flexibility index (Phi) is 3.90. The molecule has 0 fully saturated rings. The van der Waals surface area contributed by atoms with Gasteiger partial charge in [0.15, 0.2) is 0 Å². The summed E-state index contributed by atoms with van der Waals surface area (Å²) in [6, 6.07) is 0. The van der Waals surface area contributed by atoms with Crippen molar-refractivity contribution in [2.75, 3.05) is 13.2 Å². The second-order valence-corrected chi connectivity index (χ2v) is 2.36. The first kappa shape index (κ1) is 9.66. The van der Waals surface area contributed by atoms with E-state index in [0.717, 1.165) is 0 Å². The Bertz CT molecular complexity index is 247. The summed E-state index contributed by atoms with van der Waals surface area (Å²) in [5.41, 5.74) is 0. The van der Waals surface area contributed by atoms with Gasteiger partial charge in [-0.05, 0) is 0 Å². The lowest BCUT2D eigenvalue weighted by Gasteiger charge is -2.01. The zero-order valence-corrected chi connectivity index (χ0v) is 7.09. The Hall–Kier alpha value is -1.43. The largest absolute Gasteiger partial charge is 0.463 e. The minimum absolute atomic E-state index is 0.0518. The monoisotopic (exact) mass is 185 g/mol. The van der Waals surface area contributed by atoms with Crippen molar-refractivity contribution in [1.29, 1.82) is 0 Å². The number of aliphatic hydroxyl groups is 1.